The molecule has 2 N–H and O–H groups in total. The van der Waals surface area contributed by atoms with Gasteiger partial charge in [-0.1, -0.05) is 24.3 Å². The zero-order valence-corrected chi connectivity index (χ0v) is 16.6. The third-order valence-electron chi connectivity index (χ3n) is 5.12. The Morgan fingerprint density at radius 1 is 1.24 bits per heavy atom. The normalized spacial score (nSPS) is 16.9. The van der Waals surface area contributed by atoms with Gasteiger partial charge < -0.3 is 19.9 Å². The van der Waals surface area contributed by atoms with E-state index in [0.29, 0.717) is 31.1 Å². The monoisotopic (exact) mass is 397 g/mol. The third kappa shape index (κ3) is 5.81. The molecule has 29 heavy (non-hydrogen) atoms. The molecule has 3 rings (SSSR count). The SMILES string of the molecule is CCOc1ccc(CC(CNC(=O)c2cccc(C3CCOC3)c2)C(=O)O)cc1. The van der Waals surface area contributed by atoms with E-state index in [-0.39, 0.29) is 12.5 Å². The van der Waals surface area contributed by atoms with Crippen LogP contribution in [0.3, 0.4) is 0 Å². The highest BCUT2D eigenvalue weighted by Crippen LogP contribution is 2.25. The van der Waals surface area contributed by atoms with Crippen LogP contribution in [0.2, 0.25) is 0 Å². The molecule has 1 aliphatic rings. The number of amides is 1. The van der Waals surface area contributed by atoms with Crippen LogP contribution >= 0.6 is 0 Å². The molecule has 0 aliphatic carbocycles. The maximum atomic E-state index is 12.6. The topological polar surface area (TPSA) is 84.9 Å². The van der Waals surface area contributed by atoms with Crippen molar-refractivity contribution in [3.05, 3.63) is 65.2 Å². The molecule has 2 unspecified atom stereocenters. The molecule has 2 aromatic rings. The summed E-state index contributed by atoms with van der Waals surface area (Å²) in [6.45, 7) is 3.98. The van der Waals surface area contributed by atoms with E-state index in [1.54, 1.807) is 6.07 Å². The first-order valence-corrected chi connectivity index (χ1v) is 9.97. The molecule has 0 aromatic heterocycles. The number of benzene rings is 2. The van der Waals surface area contributed by atoms with E-state index in [9.17, 15) is 14.7 Å². The van der Waals surface area contributed by atoms with Gasteiger partial charge in [0.1, 0.15) is 5.75 Å². The minimum atomic E-state index is -0.934. The molecular weight excluding hydrogens is 370 g/mol. The van der Waals surface area contributed by atoms with Crippen LogP contribution < -0.4 is 10.1 Å². The Bertz CT molecular complexity index is 827. The van der Waals surface area contributed by atoms with E-state index < -0.39 is 11.9 Å². The minimum absolute atomic E-state index is 0.0676. The molecule has 6 heteroatoms. The molecule has 0 saturated carbocycles. The Labute approximate surface area is 170 Å². The molecule has 1 heterocycles. The van der Waals surface area contributed by atoms with Gasteiger partial charge in [-0.15, -0.1) is 0 Å². The summed E-state index contributed by atoms with van der Waals surface area (Å²) < 4.78 is 10.8. The van der Waals surface area contributed by atoms with Crippen LogP contribution in [0.25, 0.3) is 0 Å². The lowest BCUT2D eigenvalue weighted by Gasteiger charge is -2.15. The number of carbonyl (C=O) groups excluding carboxylic acids is 1. The second-order valence-corrected chi connectivity index (χ2v) is 7.21. The summed E-state index contributed by atoms with van der Waals surface area (Å²) in [6.07, 6.45) is 1.29. The Kier molecular flexibility index (Phi) is 7.25. The van der Waals surface area contributed by atoms with Crippen LogP contribution in [-0.2, 0) is 16.0 Å². The Balaban J connectivity index is 1.59. The highest BCUT2D eigenvalue weighted by atomic mass is 16.5. The van der Waals surface area contributed by atoms with Crippen molar-refractivity contribution in [1.29, 1.82) is 0 Å². The molecule has 0 bridgehead atoms. The largest absolute Gasteiger partial charge is 0.494 e. The van der Waals surface area contributed by atoms with Crippen LogP contribution in [-0.4, -0.2) is 43.3 Å². The number of carboxylic acid groups (broad SMARTS) is 1. The lowest BCUT2D eigenvalue weighted by molar-refractivity contribution is -0.141. The van der Waals surface area contributed by atoms with Gasteiger partial charge in [0.05, 0.1) is 19.1 Å². The van der Waals surface area contributed by atoms with Gasteiger partial charge in [-0.05, 0) is 55.2 Å². The molecule has 2 aromatic carbocycles. The predicted molar refractivity (Wildman–Crippen MR) is 109 cm³/mol. The van der Waals surface area contributed by atoms with Crippen molar-refractivity contribution in [3.8, 4) is 5.75 Å². The lowest BCUT2D eigenvalue weighted by atomic mass is 9.96. The van der Waals surface area contributed by atoms with Crippen LogP contribution in [0.15, 0.2) is 48.5 Å². The number of nitrogens with one attached hydrogen (secondary N) is 1. The van der Waals surface area contributed by atoms with E-state index in [1.807, 2.05) is 49.4 Å². The van der Waals surface area contributed by atoms with Gasteiger partial charge >= 0.3 is 5.97 Å². The predicted octanol–water partition coefficient (Wildman–Crippen LogP) is 3.26. The molecule has 1 fully saturated rings. The zero-order valence-electron chi connectivity index (χ0n) is 16.6. The lowest BCUT2D eigenvalue weighted by Crippen LogP contribution is -2.34. The number of carbonyl (C=O) groups is 2. The molecule has 1 aliphatic heterocycles. The van der Waals surface area contributed by atoms with Gasteiger partial charge in [-0.2, -0.15) is 0 Å². The Hall–Kier alpha value is -2.86. The summed E-state index contributed by atoms with van der Waals surface area (Å²) in [4.78, 5) is 24.2. The van der Waals surface area contributed by atoms with E-state index in [0.717, 1.165) is 29.9 Å². The Morgan fingerprint density at radius 3 is 2.69 bits per heavy atom. The Morgan fingerprint density at radius 2 is 2.03 bits per heavy atom. The van der Waals surface area contributed by atoms with Crippen molar-refractivity contribution in [2.45, 2.75) is 25.7 Å². The number of aliphatic carboxylic acids is 1. The fraction of sp³-hybridized carbons (Fsp3) is 0.391. The molecule has 0 radical (unpaired) electrons. The number of rotatable bonds is 9. The minimum Gasteiger partial charge on any atom is -0.494 e. The van der Waals surface area contributed by atoms with Gasteiger partial charge in [0.15, 0.2) is 0 Å². The number of carboxylic acids is 1. The van der Waals surface area contributed by atoms with Crippen molar-refractivity contribution < 1.29 is 24.2 Å². The third-order valence-corrected chi connectivity index (χ3v) is 5.12. The maximum Gasteiger partial charge on any atom is 0.308 e. The molecule has 0 spiro atoms. The van der Waals surface area contributed by atoms with E-state index in [4.69, 9.17) is 9.47 Å². The zero-order chi connectivity index (χ0) is 20.6. The quantitative estimate of drug-likeness (QED) is 0.678. The van der Waals surface area contributed by atoms with Crippen molar-refractivity contribution in [2.75, 3.05) is 26.4 Å². The van der Waals surface area contributed by atoms with Crippen LogP contribution in [0, 0.1) is 5.92 Å². The van der Waals surface area contributed by atoms with E-state index in [2.05, 4.69) is 5.32 Å². The second-order valence-electron chi connectivity index (χ2n) is 7.21. The average molecular weight is 397 g/mol. The van der Waals surface area contributed by atoms with Gasteiger partial charge in [0.2, 0.25) is 0 Å². The molecule has 1 amide bonds. The van der Waals surface area contributed by atoms with Gasteiger partial charge in [-0.25, -0.2) is 0 Å². The molecule has 1 saturated heterocycles. The first-order chi connectivity index (χ1) is 14.1. The van der Waals surface area contributed by atoms with Crippen LogP contribution in [0.5, 0.6) is 5.75 Å². The summed E-state index contributed by atoms with van der Waals surface area (Å²) in [5.41, 5.74) is 2.51. The maximum absolute atomic E-state index is 12.6. The van der Waals surface area contributed by atoms with Crippen molar-refractivity contribution in [1.82, 2.24) is 5.32 Å². The summed E-state index contributed by atoms with van der Waals surface area (Å²) >= 11 is 0. The van der Waals surface area contributed by atoms with Crippen LogP contribution in [0.1, 0.15) is 40.7 Å². The summed E-state index contributed by atoms with van der Waals surface area (Å²) in [5.74, 6) is -0.832. The average Bonchev–Trinajstić information content (AvgIpc) is 3.27. The van der Waals surface area contributed by atoms with Crippen LogP contribution in [0.4, 0.5) is 0 Å². The smallest absolute Gasteiger partial charge is 0.308 e. The summed E-state index contributed by atoms with van der Waals surface area (Å²) in [6, 6.07) is 14.8. The molecule has 6 nitrogen and oxygen atoms in total. The number of hydrogen-bond acceptors (Lipinski definition) is 4. The molecule has 154 valence electrons. The van der Waals surface area contributed by atoms with Gasteiger partial charge in [0, 0.05) is 24.6 Å². The first kappa shape index (κ1) is 20.9. The van der Waals surface area contributed by atoms with Crippen molar-refractivity contribution >= 4 is 11.9 Å². The summed E-state index contributed by atoms with van der Waals surface area (Å²) in [5, 5.41) is 12.3. The second kappa shape index (κ2) is 10.1. The standard InChI is InChI=1S/C23H27NO5/c1-2-29-21-8-6-16(7-9-21)12-20(23(26)27)14-24-22(25)18-5-3-4-17(13-18)19-10-11-28-15-19/h3-9,13,19-20H,2,10-12,14-15H2,1H3,(H,24,25)(H,26,27). The van der Waals surface area contributed by atoms with Crippen molar-refractivity contribution in [2.24, 2.45) is 5.92 Å². The highest BCUT2D eigenvalue weighted by molar-refractivity contribution is 5.94. The van der Waals surface area contributed by atoms with Gasteiger partial charge in [0.25, 0.3) is 5.91 Å². The molecule has 2 atom stereocenters. The fourth-order valence-electron chi connectivity index (χ4n) is 3.47. The van der Waals surface area contributed by atoms with Gasteiger partial charge in [-0.3, -0.25) is 9.59 Å². The number of hydrogen-bond donors (Lipinski definition) is 2. The van der Waals surface area contributed by atoms with Crippen molar-refractivity contribution in [3.63, 3.8) is 0 Å². The fourth-order valence-corrected chi connectivity index (χ4v) is 3.47. The molecular formula is C23H27NO5. The number of ether oxygens (including phenoxy) is 2. The highest BCUT2D eigenvalue weighted by Gasteiger charge is 2.21. The van der Waals surface area contributed by atoms with E-state index in [1.165, 1.54) is 0 Å². The first-order valence-electron chi connectivity index (χ1n) is 9.97. The summed E-state index contributed by atoms with van der Waals surface area (Å²) in [7, 11) is 0. The van der Waals surface area contributed by atoms with E-state index >= 15 is 0 Å².